The van der Waals surface area contributed by atoms with Gasteiger partial charge in [0, 0.05) is 12.6 Å². The zero-order valence-electron chi connectivity index (χ0n) is 10.8. The van der Waals surface area contributed by atoms with Crippen LogP contribution < -0.4 is 0 Å². The predicted molar refractivity (Wildman–Crippen MR) is 77.1 cm³/mol. The molecule has 0 atom stereocenters. The highest BCUT2D eigenvalue weighted by Crippen LogP contribution is 2.20. The molecule has 0 fully saturated rings. The summed E-state index contributed by atoms with van der Waals surface area (Å²) in [6, 6.07) is 1.77. The van der Waals surface area contributed by atoms with Crippen molar-refractivity contribution in [1.29, 1.82) is 0 Å². The minimum absolute atomic E-state index is 0.287. The van der Waals surface area contributed by atoms with E-state index in [2.05, 4.69) is 15.0 Å². The Hall–Kier alpha value is -1.59. The largest absolute Gasteiger partial charge is 0.444 e. The van der Waals surface area contributed by atoms with Crippen molar-refractivity contribution < 1.29 is 4.42 Å². The van der Waals surface area contributed by atoms with Gasteiger partial charge in [0.15, 0.2) is 5.65 Å². The van der Waals surface area contributed by atoms with E-state index in [1.807, 2.05) is 11.5 Å². The molecule has 0 spiro atoms. The number of aromatic nitrogens is 4. The van der Waals surface area contributed by atoms with Crippen molar-refractivity contribution >= 4 is 34.4 Å². The van der Waals surface area contributed by atoms with Gasteiger partial charge in [-0.1, -0.05) is 18.5 Å². The molecule has 0 aliphatic rings. The quantitative estimate of drug-likeness (QED) is 0.693. The first-order valence-electron chi connectivity index (χ1n) is 6.21. The first kappa shape index (κ1) is 13.4. The maximum absolute atomic E-state index is 5.95. The molecule has 0 unspecified atom stereocenters. The Morgan fingerprint density at radius 3 is 2.85 bits per heavy atom. The summed E-state index contributed by atoms with van der Waals surface area (Å²) in [4.78, 5) is 13.0. The van der Waals surface area contributed by atoms with Gasteiger partial charge in [-0.05, 0) is 6.07 Å². The number of oxazole rings is 1. The zero-order valence-corrected chi connectivity index (χ0v) is 12.3. The first-order valence-corrected chi connectivity index (χ1v) is 7.12. The van der Waals surface area contributed by atoms with Gasteiger partial charge in [-0.15, -0.1) is 11.6 Å². The summed E-state index contributed by atoms with van der Waals surface area (Å²) in [7, 11) is 0. The van der Waals surface area contributed by atoms with Crippen molar-refractivity contribution in [2.45, 2.75) is 25.8 Å². The molecule has 20 heavy (non-hydrogen) atoms. The Labute approximate surface area is 125 Å². The number of imidazole rings is 1. The van der Waals surface area contributed by atoms with Gasteiger partial charge in [0.05, 0.1) is 17.1 Å². The molecule has 3 heterocycles. The summed E-state index contributed by atoms with van der Waals surface area (Å²) in [5, 5.41) is 0.549. The zero-order chi connectivity index (χ0) is 14.1. The molecule has 3 aromatic heterocycles. The molecule has 3 rings (SSSR count). The monoisotopic (exact) mass is 310 g/mol. The summed E-state index contributed by atoms with van der Waals surface area (Å²) in [6.07, 6.45) is 4.14. The predicted octanol–water partition coefficient (Wildman–Crippen LogP) is 3.42. The van der Waals surface area contributed by atoms with Crippen LogP contribution in [-0.4, -0.2) is 19.5 Å². The van der Waals surface area contributed by atoms with E-state index in [1.165, 1.54) is 0 Å². The third-order valence-electron chi connectivity index (χ3n) is 2.99. The van der Waals surface area contributed by atoms with E-state index in [9.17, 15) is 0 Å². The van der Waals surface area contributed by atoms with Crippen LogP contribution in [0.15, 0.2) is 22.9 Å². The average Bonchev–Trinajstić information content (AvgIpc) is 3.03. The van der Waals surface area contributed by atoms with Gasteiger partial charge >= 0.3 is 0 Å². The number of halogens is 2. The maximum atomic E-state index is 5.95. The summed E-state index contributed by atoms with van der Waals surface area (Å²) < 4.78 is 7.51. The van der Waals surface area contributed by atoms with E-state index < -0.39 is 0 Å². The van der Waals surface area contributed by atoms with E-state index in [0.29, 0.717) is 23.3 Å². The third kappa shape index (κ3) is 2.39. The van der Waals surface area contributed by atoms with Crippen LogP contribution in [0.3, 0.4) is 0 Å². The van der Waals surface area contributed by atoms with Gasteiger partial charge in [-0.3, -0.25) is 0 Å². The summed E-state index contributed by atoms with van der Waals surface area (Å²) in [6.45, 7) is 2.47. The summed E-state index contributed by atoms with van der Waals surface area (Å²) >= 11 is 11.9. The number of rotatable bonds is 4. The van der Waals surface area contributed by atoms with Gasteiger partial charge in [0.1, 0.15) is 23.6 Å². The standard InChI is InChI=1S/C13H12Cl2N4O/c1-2-9-6-16-12(20-9)7-19-11(4-14)18-10-3-8(15)5-17-13(10)19/h3,5-6H,2,4,7H2,1H3. The van der Waals surface area contributed by atoms with Crippen molar-refractivity contribution in [3.8, 4) is 0 Å². The Kier molecular flexibility index (Phi) is 3.63. The second-order valence-corrected chi connectivity index (χ2v) is 5.02. The van der Waals surface area contributed by atoms with Gasteiger partial charge in [0.25, 0.3) is 0 Å². The maximum Gasteiger partial charge on any atom is 0.214 e. The fourth-order valence-corrected chi connectivity index (χ4v) is 2.38. The SMILES string of the molecule is CCc1cnc(Cn2c(CCl)nc3cc(Cl)cnc32)o1. The lowest BCUT2D eigenvalue weighted by Gasteiger charge is -2.03. The van der Waals surface area contributed by atoms with Crippen molar-refractivity contribution in [1.82, 2.24) is 19.5 Å². The van der Waals surface area contributed by atoms with Gasteiger partial charge < -0.3 is 8.98 Å². The molecule has 0 bridgehead atoms. The van der Waals surface area contributed by atoms with Crippen LogP contribution in [0.4, 0.5) is 0 Å². The molecule has 0 radical (unpaired) electrons. The average molecular weight is 311 g/mol. The van der Waals surface area contributed by atoms with Crippen LogP contribution in [0.25, 0.3) is 11.2 Å². The van der Waals surface area contributed by atoms with Gasteiger partial charge in [-0.2, -0.15) is 0 Å². The highest BCUT2D eigenvalue weighted by molar-refractivity contribution is 6.31. The number of fused-ring (bicyclic) bond motifs is 1. The third-order valence-corrected chi connectivity index (χ3v) is 3.44. The Balaban J connectivity index is 2.04. The van der Waals surface area contributed by atoms with Crippen LogP contribution in [-0.2, 0) is 18.8 Å². The summed E-state index contributed by atoms with van der Waals surface area (Å²) in [5.41, 5.74) is 1.44. The van der Waals surface area contributed by atoms with Crippen molar-refractivity contribution in [2.75, 3.05) is 0 Å². The minimum atomic E-state index is 0.287. The fourth-order valence-electron chi connectivity index (χ4n) is 2.02. The van der Waals surface area contributed by atoms with E-state index in [1.54, 1.807) is 18.5 Å². The van der Waals surface area contributed by atoms with E-state index >= 15 is 0 Å². The lowest BCUT2D eigenvalue weighted by molar-refractivity contribution is 0.446. The molecule has 0 saturated heterocycles. The summed E-state index contributed by atoms with van der Waals surface area (Å²) in [5.74, 6) is 2.47. The Bertz CT molecular complexity index is 750. The molecule has 3 aromatic rings. The van der Waals surface area contributed by atoms with Crippen LogP contribution in [0.1, 0.15) is 24.4 Å². The lowest BCUT2D eigenvalue weighted by Crippen LogP contribution is -2.04. The number of alkyl halides is 1. The van der Waals surface area contributed by atoms with Crippen molar-refractivity contribution in [2.24, 2.45) is 0 Å². The molecule has 0 amide bonds. The first-order chi connectivity index (χ1) is 9.71. The second-order valence-electron chi connectivity index (χ2n) is 4.32. The van der Waals surface area contributed by atoms with E-state index in [4.69, 9.17) is 27.6 Å². The molecule has 104 valence electrons. The topological polar surface area (TPSA) is 56.7 Å². The Morgan fingerprint density at radius 1 is 1.30 bits per heavy atom. The molecule has 5 nitrogen and oxygen atoms in total. The molecule has 0 aromatic carbocycles. The van der Waals surface area contributed by atoms with Crippen molar-refractivity contribution in [3.05, 3.63) is 41.0 Å². The van der Waals surface area contributed by atoms with Gasteiger partial charge in [-0.25, -0.2) is 15.0 Å². The van der Waals surface area contributed by atoms with Crippen LogP contribution in [0.2, 0.25) is 5.02 Å². The Morgan fingerprint density at radius 2 is 2.15 bits per heavy atom. The number of aryl methyl sites for hydroxylation is 1. The molecule has 7 heteroatoms. The molecule has 0 aliphatic heterocycles. The molecule has 0 N–H and O–H groups in total. The molecular formula is C13H12Cl2N4O. The van der Waals surface area contributed by atoms with E-state index in [-0.39, 0.29) is 5.88 Å². The number of hydrogen-bond acceptors (Lipinski definition) is 4. The smallest absolute Gasteiger partial charge is 0.214 e. The molecular weight excluding hydrogens is 299 g/mol. The van der Waals surface area contributed by atoms with Crippen LogP contribution in [0, 0.1) is 0 Å². The highest BCUT2D eigenvalue weighted by Gasteiger charge is 2.14. The second kappa shape index (κ2) is 5.42. The van der Waals surface area contributed by atoms with E-state index in [0.717, 1.165) is 23.3 Å². The molecule has 0 aliphatic carbocycles. The lowest BCUT2D eigenvalue weighted by atomic mass is 10.4. The fraction of sp³-hybridized carbons (Fsp3) is 0.308. The van der Waals surface area contributed by atoms with Gasteiger partial charge in [0.2, 0.25) is 5.89 Å². The van der Waals surface area contributed by atoms with Crippen LogP contribution >= 0.6 is 23.2 Å². The minimum Gasteiger partial charge on any atom is -0.444 e. The van der Waals surface area contributed by atoms with Crippen LogP contribution in [0.5, 0.6) is 0 Å². The molecule has 0 saturated carbocycles. The number of pyridine rings is 1. The number of hydrogen-bond donors (Lipinski definition) is 0. The highest BCUT2D eigenvalue weighted by atomic mass is 35.5. The normalized spacial score (nSPS) is 11.3. The van der Waals surface area contributed by atoms with Crippen molar-refractivity contribution in [3.63, 3.8) is 0 Å². The number of nitrogens with zero attached hydrogens (tertiary/aromatic N) is 4.